The minimum Gasteiger partial charge on any atom is -0.542 e. The summed E-state index contributed by atoms with van der Waals surface area (Å²) in [7, 11) is 0. The van der Waals surface area contributed by atoms with Gasteiger partial charge in [0.15, 0.2) is 3.57 Å². The Morgan fingerprint density at radius 2 is 1.50 bits per heavy atom. The zero-order valence-electron chi connectivity index (χ0n) is 13.1. The molecule has 3 aromatic rings. The predicted octanol–water partition coefficient (Wildman–Crippen LogP) is 0.967. The fourth-order valence-corrected chi connectivity index (χ4v) is 5.24. The van der Waals surface area contributed by atoms with Gasteiger partial charge < -0.3 is 14.6 Å². The fraction of sp³-hybridized carbons (Fsp3) is 0.0556. The Labute approximate surface area is 162 Å². The van der Waals surface area contributed by atoms with Gasteiger partial charge in [0.05, 0.1) is 0 Å². The number of para-hydroxylation sites is 1. The average molecular weight is 492 g/mol. The molecule has 0 saturated carbocycles. The molecule has 0 N–H and O–H groups in total. The van der Waals surface area contributed by atoms with Gasteiger partial charge in [0.25, 0.3) is 0 Å². The number of rotatable bonds is 4. The summed E-state index contributed by atoms with van der Waals surface area (Å²) in [6.07, 6.45) is -5.19. The number of hydrogen-bond donors (Lipinski definition) is 0. The molecule has 8 heteroatoms. The molecule has 0 amide bonds. The Bertz CT molecular complexity index is 804. The number of carbonyl (C=O) groups excluding carboxylic acids is 1. The topological polar surface area (TPSA) is 49.4 Å². The van der Waals surface area contributed by atoms with Crippen molar-refractivity contribution in [2.75, 3.05) is 0 Å². The number of carbonyl (C=O) groups is 1. The van der Waals surface area contributed by atoms with Crippen molar-refractivity contribution in [3.63, 3.8) is 0 Å². The zero-order chi connectivity index (χ0) is 19.0. The van der Waals surface area contributed by atoms with Crippen LogP contribution in [0.4, 0.5) is 13.2 Å². The predicted molar refractivity (Wildman–Crippen MR) is 85.7 cm³/mol. The van der Waals surface area contributed by atoms with Crippen LogP contribution in [0.5, 0.6) is 11.5 Å². The number of carboxylic acids is 1. The molecule has 0 bridgehead atoms. The SMILES string of the molecule is O=C([O-])C(F)(F)F.c1ccc(Oc2ccc([I+]c3cccs3)cc2)cc1. The molecule has 0 spiro atoms. The molecule has 0 saturated heterocycles. The number of hydrogen-bond acceptors (Lipinski definition) is 4. The maximum Gasteiger partial charge on any atom is 0.430 e. The maximum atomic E-state index is 10.5. The van der Waals surface area contributed by atoms with Crippen molar-refractivity contribution in [1.29, 1.82) is 0 Å². The third kappa shape index (κ3) is 7.04. The molecule has 1 heterocycles. The molecule has 0 radical (unpaired) electrons. The summed E-state index contributed by atoms with van der Waals surface area (Å²) < 4.78 is 40.2. The van der Waals surface area contributed by atoms with E-state index in [4.69, 9.17) is 14.6 Å². The molecule has 26 heavy (non-hydrogen) atoms. The molecule has 0 atom stereocenters. The van der Waals surface area contributed by atoms with Crippen molar-refractivity contribution >= 4 is 17.3 Å². The summed E-state index contributed by atoms with van der Waals surface area (Å²) in [4.78, 5) is 8.78. The lowest BCUT2D eigenvalue weighted by atomic mass is 10.3. The van der Waals surface area contributed by atoms with Gasteiger partial charge in [-0.25, -0.2) is 0 Å². The van der Waals surface area contributed by atoms with Gasteiger partial charge in [-0.15, -0.1) is 0 Å². The van der Waals surface area contributed by atoms with E-state index < -0.39 is 12.1 Å². The van der Waals surface area contributed by atoms with Crippen LogP contribution in [0.1, 0.15) is 0 Å². The Morgan fingerprint density at radius 1 is 0.923 bits per heavy atom. The van der Waals surface area contributed by atoms with E-state index in [1.165, 1.54) is 6.45 Å². The van der Waals surface area contributed by atoms with Crippen molar-refractivity contribution in [2.45, 2.75) is 6.18 Å². The highest BCUT2D eigenvalue weighted by Crippen LogP contribution is 2.19. The third-order valence-electron chi connectivity index (χ3n) is 2.71. The number of benzene rings is 2. The second-order valence-electron chi connectivity index (χ2n) is 4.67. The molecule has 0 aliphatic rings. The summed E-state index contributed by atoms with van der Waals surface area (Å²) in [5, 5.41) is 10.9. The van der Waals surface area contributed by atoms with Gasteiger partial charge >= 0.3 is 27.4 Å². The first-order valence-electron chi connectivity index (χ1n) is 7.14. The van der Waals surface area contributed by atoms with Crippen LogP contribution in [0.25, 0.3) is 0 Å². The van der Waals surface area contributed by atoms with Crippen LogP contribution in [-0.4, -0.2) is 12.1 Å². The van der Waals surface area contributed by atoms with Crippen LogP contribution in [0.2, 0.25) is 0 Å². The highest BCUT2D eigenvalue weighted by atomic mass is 127. The van der Waals surface area contributed by atoms with Gasteiger partial charge in [-0.05, 0) is 47.8 Å². The van der Waals surface area contributed by atoms with Crippen LogP contribution >= 0.6 is 11.3 Å². The van der Waals surface area contributed by atoms with Gasteiger partial charge in [0.2, 0.25) is 2.88 Å². The molecule has 0 aliphatic carbocycles. The molecule has 2 aromatic carbocycles. The Morgan fingerprint density at radius 3 is 2.00 bits per heavy atom. The molecule has 136 valence electrons. The maximum absolute atomic E-state index is 10.5. The van der Waals surface area contributed by atoms with Crippen molar-refractivity contribution in [2.24, 2.45) is 0 Å². The van der Waals surface area contributed by atoms with E-state index in [0.29, 0.717) is 0 Å². The lowest BCUT2D eigenvalue weighted by Gasteiger charge is -2.03. The van der Waals surface area contributed by atoms with Gasteiger partial charge in [0.1, 0.15) is 17.5 Å². The Balaban J connectivity index is 0.000000298. The summed E-state index contributed by atoms with van der Waals surface area (Å²) in [6, 6.07) is 22.7. The Hall–Kier alpha value is -2.07. The highest BCUT2D eigenvalue weighted by molar-refractivity contribution is 7.07. The number of alkyl halides is 3. The number of carboxylic acid groups (broad SMARTS) is 1. The molecule has 1 aromatic heterocycles. The van der Waals surface area contributed by atoms with E-state index in [1.54, 1.807) is 0 Å². The van der Waals surface area contributed by atoms with Crippen molar-refractivity contribution < 1.29 is 49.0 Å². The molecular formula is C18H12F3IO3S. The molecule has 0 aliphatic heterocycles. The quantitative estimate of drug-likeness (QED) is 0.511. The van der Waals surface area contributed by atoms with Gasteiger partial charge in [-0.1, -0.05) is 29.5 Å². The lowest BCUT2D eigenvalue weighted by molar-refractivity contribution is -0.591. The number of thiophene rings is 1. The summed E-state index contributed by atoms with van der Waals surface area (Å²) in [5.74, 6) is -1.24. The monoisotopic (exact) mass is 492 g/mol. The van der Waals surface area contributed by atoms with Crippen molar-refractivity contribution in [3.05, 3.63) is 78.6 Å². The van der Waals surface area contributed by atoms with E-state index in [0.717, 1.165) is 11.5 Å². The molecule has 0 fully saturated rings. The zero-order valence-corrected chi connectivity index (χ0v) is 16.0. The van der Waals surface area contributed by atoms with Crippen molar-refractivity contribution in [1.82, 2.24) is 0 Å². The smallest absolute Gasteiger partial charge is 0.430 e. The molecule has 0 unspecified atom stereocenters. The van der Waals surface area contributed by atoms with Crippen LogP contribution in [0.3, 0.4) is 0 Å². The van der Waals surface area contributed by atoms with Gasteiger partial charge in [-0.2, -0.15) is 13.2 Å². The van der Waals surface area contributed by atoms with Crippen LogP contribution in [0, 0.1) is 6.45 Å². The minimum absolute atomic E-state index is 0.0440. The first-order valence-corrected chi connectivity index (χ1v) is 10.2. The highest BCUT2D eigenvalue weighted by Gasteiger charge is 2.28. The summed E-state index contributed by atoms with van der Waals surface area (Å²) in [5.41, 5.74) is 0. The number of ether oxygens (including phenoxy) is 1. The lowest BCUT2D eigenvalue weighted by Crippen LogP contribution is -3.61. The third-order valence-corrected chi connectivity index (χ3v) is 6.88. The van der Waals surface area contributed by atoms with E-state index in [-0.39, 0.29) is 21.2 Å². The Kier molecular flexibility index (Phi) is 7.46. The molecular weight excluding hydrogens is 480 g/mol. The second kappa shape index (κ2) is 9.58. The van der Waals surface area contributed by atoms with Crippen molar-refractivity contribution in [3.8, 4) is 11.5 Å². The van der Waals surface area contributed by atoms with Gasteiger partial charge in [-0.3, -0.25) is 0 Å². The molecule has 3 nitrogen and oxygen atoms in total. The fourth-order valence-electron chi connectivity index (χ4n) is 1.61. The van der Waals surface area contributed by atoms with Crippen LogP contribution in [0.15, 0.2) is 72.1 Å². The minimum atomic E-state index is -5.19. The average Bonchev–Trinajstić information content (AvgIpc) is 3.10. The molecule has 3 rings (SSSR count). The standard InChI is InChI=1S/C16H12IOS.C2HF3O2/c1-2-5-14(6-3-1)18-15-10-8-13(9-11-15)17-16-7-4-12-19-16;3-2(4,5)1(6)7/h1-12H;(H,6,7)/q+1;/p-1. The number of halogens is 4. The van der Waals surface area contributed by atoms with Gasteiger partial charge in [0, 0.05) is 6.07 Å². The second-order valence-corrected chi connectivity index (χ2v) is 9.29. The largest absolute Gasteiger partial charge is 0.542 e. The first kappa shape index (κ1) is 20.2. The van der Waals surface area contributed by atoms with Crippen LogP contribution in [-0.2, 0) is 4.79 Å². The van der Waals surface area contributed by atoms with E-state index >= 15 is 0 Å². The van der Waals surface area contributed by atoms with E-state index in [2.05, 4.69) is 41.8 Å². The van der Waals surface area contributed by atoms with E-state index in [1.807, 2.05) is 41.7 Å². The van der Waals surface area contributed by atoms with E-state index in [9.17, 15) is 13.2 Å². The summed E-state index contributed by atoms with van der Waals surface area (Å²) in [6.45, 7) is 0. The van der Waals surface area contributed by atoms with Crippen LogP contribution < -0.4 is 31.0 Å². The summed E-state index contributed by atoms with van der Waals surface area (Å²) >= 11 is 1.80. The normalized spacial score (nSPS) is 10.6. The first-order chi connectivity index (χ1) is 12.3. The number of aliphatic carboxylic acids is 1.